The molecular weight excluding hydrogens is 575 g/mol. The number of nitrogens with zero attached hydrogens (tertiary/aromatic N) is 6. The number of nitrogens with two attached hydrogens (primary N) is 1. The van der Waals surface area contributed by atoms with E-state index >= 15 is 0 Å². The van der Waals surface area contributed by atoms with Crippen LogP contribution >= 0.6 is 23.2 Å². The average molecular weight is 604 g/mol. The quantitative estimate of drug-likeness (QED) is 0.326. The van der Waals surface area contributed by atoms with Crippen molar-refractivity contribution in [2.24, 2.45) is 0 Å². The van der Waals surface area contributed by atoms with Gasteiger partial charge in [0.05, 0.1) is 27.4 Å². The zero-order valence-electron chi connectivity index (χ0n) is 21.9. The van der Waals surface area contributed by atoms with Crippen LogP contribution in [0.2, 0.25) is 10.0 Å². The Kier molecular flexibility index (Phi) is 7.98. The lowest BCUT2D eigenvalue weighted by Gasteiger charge is -2.22. The van der Waals surface area contributed by atoms with E-state index in [0.29, 0.717) is 18.5 Å². The zero-order valence-corrected chi connectivity index (χ0v) is 24.3. The number of rotatable bonds is 7. The number of aromatic nitrogens is 4. The second-order valence-corrected chi connectivity index (χ2v) is 12.6. The second kappa shape index (κ2) is 11.3. The summed E-state index contributed by atoms with van der Waals surface area (Å²) in [4.78, 5) is 28.1. The summed E-state index contributed by atoms with van der Waals surface area (Å²) >= 11 is 12.6. The van der Waals surface area contributed by atoms with Crippen molar-refractivity contribution in [3.8, 4) is 5.69 Å². The predicted octanol–water partition coefficient (Wildman–Crippen LogP) is 3.10. The van der Waals surface area contributed by atoms with E-state index in [1.165, 1.54) is 27.9 Å². The maximum absolute atomic E-state index is 12.9. The Morgan fingerprint density at radius 2 is 1.77 bits per heavy atom. The monoisotopic (exact) mass is 602 g/mol. The number of fused-ring (bicyclic) bond motifs is 2. The minimum atomic E-state index is -3.19. The van der Waals surface area contributed by atoms with Crippen LogP contribution in [0.1, 0.15) is 11.1 Å². The Balaban J connectivity index is 1.34. The molecule has 0 radical (unpaired) electrons. The molecule has 0 amide bonds. The molecule has 5 rings (SSSR count). The van der Waals surface area contributed by atoms with Crippen molar-refractivity contribution in [1.82, 2.24) is 28.7 Å². The number of nitrogen functional groups attached to an aromatic ring is 1. The Bertz CT molecular complexity index is 1740. The van der Waals surface area contributed by atoms with Crippen molar-refractivity contribution >= 4 is 61.7 Å². The van der Waals surface area contributed by atoms with Crippen LogP contribution in [0.3, 0.4) is 0 Å². The van der Waals surface area contributed by atoms with Crippen LogP contribution in [-0.4, -0.2) is 76.6 Å². The van der Waals surface area contributed by atoms with Gasteiger partial charge in [0.25, 0.3) is 0 Å². The minimum Gasteiger partial charge on any atom is -0.384 e. The van der Waals surface area contributed by atoms with E-state index in [-0.39, 0.29) is 33.1 Å². The Morgan fingerprint density at radius 1 is 1.07 bits per heavy atom. The maximum Gasteiger partial charge on any atom is 0.355 e. The van der Waals surface area contributed by atoms with E-state index in [9.17, 15) is 13.2 Å². The molecule has 2 aromatic heterocycles. The highest BCUT2D eigenvalue weighted by Crippen LogP contribution is 2.30. The highest BCUT2D eigenvalue weighted by Gasteiger charge is 2.19. The van der Waals surface area contributed by atoms with Crippen LogP contribution in [0.4, 0.5) is 17.5 Å². The van der Waals surface area contributed by atoms with Crippen molar-refractivity contribution in [2.45, 2.75) is 12.8 Å². The normalized spacial score (nSPS) is 14.3. The van der Waals surface area contributed by atoms with Gasteiger partial charge in [-0.25, -0.2) is 27.1 Å². The topological polar surface area (TPSA) is 139 Å². The van der Waals surface area contributed by atoms with Crippen molar-refractivity contribution in [2.75, 3.05) is 50.5 Å². The molecule has 14 heteroatoms. The third kappa shape index (κ3) is 5.91. The molecule has 0 spiro atoms. The first kappa shape index (κ1) is 28.2. The summed E-state index contributed by atoms with van der Waals surface area (Å²) in [6, 6.07) is 11.0. The lowest BCUT2D eigenvalue weighted by Crippen LogP contribution is -2.37. The van der Waals surface area contributed by atoms with Gasteiger partial charge in [0.15, 0.2) is 5.65 Å². The number of nitrogens with one attached hydrogen (secondary N) is 1. The summed E-state index contributed by atoms with van der Waals surface area (Å²) in [5, 5.41) is 4.09. The molecule has 1 aliphatic heterocycles. The molecule has 2 aromatic carbocycles. The van der Waals surface area contributed by atoms with Gasteiger partial charge in [0, 0.05) is 45.1 Å². The molecule has 0 saturated heterocycles. The molecule has 0 atom stereocenters. The van der Waals surface area contributed by atoms with Crippen molar-refractivity contribution in [3.63, 3.8) is 0 Å². The molecule has 1 aliphatic rings. The lowest BCUT2D eigenvalue weighted by atomic mass is 10.0. The largest absolute Gasteiger partial charge is 0.384 e. The van der Waals surface area contributed by atoms with E-state index in [1.54, 1.807) is 25.2 Å². The lowest BCUT2D eigenvalue weighted by molar-refractivity contribution is 0.269. The van der Waals surface area contributed by atoms with Gasteiger partial charge in [-0.3, -0.25) is 0 Å². The zero-order chi connectivity index (χ0) is 28.6. The van der Waals surface area contributed by atoms with Crippen molar-refractivity contribution in [1.29, 1.82) is 0 Å². The highest BCUT2D eigenvalue weighted by molar-refractivity contribution is 7.88. The Morgan fingerprint density at radius 3 is 2.48 bits per heavy atom. The molecule has 0 fully saturated rings. The van der Waals surface area contributed by atoms with Crippen molar-refractivity contribution < 1.29 is 8.42 Å². The van der Waals surface area contributed by atoms with Gasteiger partial charge in [0.2, 0.25) is 16.0 Å². The van der Waals surface area contributed by atoms with Gasteiger partial charge >= 0.3 is 5.69 Å². The second-order valence-electron chi connectivity index (χ2n) is 9.65. The van der Waals surface area contributed by atoms with Crippen LogP contribution in [0.15, 0.2) is 47.4 Å². The third-order valence-electron chi connectivity index (χ3n) is 6.99. The highest BCUT2D eigenvalue weighted by atomic mass is 35.5. The summed E-state index contributed by atoms with van der Waals surface area (Å²) in [5.74, 6) is 0.347. The molecular formula is C26H28Cl2N8O3S. The predicted molar refractivity (Wildman–Crippen MR) is 158 cm³/mol. The van der Waals surface area contributed by atoms with Gasteiger partial charge in [-0.1, -0.05) is 35.3 Å². The molecule has 4 aromatic rings. The van der Waals surface area contributed by atoms with Crippen LogP contribution in [0.5, 0.6) is 0 Å². The Labute approximate surface area is 241 Å². The number of hydrogen-bond donors (Lipinski definition) is 2. The standard InChI is InChI=1S/C26H28Cl2N8O3S/c1-34(40(2,38)39)12-13-35-10-8-16-6-7-18(14-17(16)9-11-35)31-25-30-15-19-23(29)36(26(37)33-24(19)32-25)22-20(27)4-3-5-21(22)28/h3-7,14-15H,8-13,29H2,1-2H3,(H,31,32,33,37). The number of benzene rings is 2. The number of likely N-dealkylation sites (N-methyl/N-ethyl adjacent to an activating group) is 1. The van der Waals surface area contributed by atoms with Gasteiger partial charge < -0.3 is 16.0 Å². The summed E-state index contributed by atoms with van der Waals surface area (Å²) in [6.45, 7) is 2.81. The van der Waals surface area contributed by atoms with Gasteiger partial charge in [0.1, 0.15) is 5.82 Å². The van der Waals surface area contributed by atoms with E-state index in [1.807, 2.05) is 6.07 Å². The fraction of sp³-hybridized carbons (Fsp3) is 0.308. The van der Waals surface area contributed by atoms with E-state index in [2.05, 4.69) is 37.3 Å². The number of para-hydroxylation sites is 1. The van der Waals surface area contributed by atoms with Gasteiger partial charge in [-0.15, -0.1) is 0 Å². The van der Waals surface area contributed by atoms with Crippen LogP contribution in [-0.2, 0) is 22.9 Å². The minimum absolute atomic E-state index is 0.0777. The smallest absolute Gasteiger partial charge is 0.355 e. The molecule has 11 nitrogen and oxygen atoms in total. The van der Waals surface area contributed by atoms with E-state index in [4.69, 9.17) is 28.9 Å². The third-order valence-corrected chi connectivity index (χ3v) is 8.92. The number of anilines is 3. The molecule has 40 heavy (non-hydrogen) atoms. The first-order valence-corrected chi connectivity index (χ1v) is 15.1. The van der Waals surface area contributed by atoms with Crippen molar-refractivity contribution in [3.05, 3.63) is 74.3 Å². The first-order valence-electron chi connectivity index (χ1n) is 12.5. The number of sulfonamides is 1. The van der Waals surface area contributed by atoms with Crippen LogP contribution in [0, 0.1) is 0 Å². The first-order chi connectivity index (χ1) is 19.0. The van der Waals surface area contributed by atoms with E-state index in [0.717, 1.165) is 36.2 Å². The Hall–Kier alpha value is -3.29. The molecule has 0 unspecified atom stereocenters. The fourth-order valence-electron chi connectivity index (χ4n) is 4.63. The summed E-state index contributed by atoms with van der Waals surface area (Å²) in [6.07, 6.45) is 4.42. The number of hydrogen-bond acceptors (Lipinski definition) is 9. The maximum atomic E-state index is 12.9. The molecule has 3 N–H and O–H groups in total. The molecule has 3 heterocycles. The SMILES string of the molecule is CN(CCN1CCc2ccc(Nc3ncc4c(N)n(-c5c(Cl)cccc5Cl)c(=O)nc4n3)cc2CC1)S(C)(=O)=O. The summed E-state index contributed by atoms with van der Waals surface area (Å²) in [7, 11) is -1.59. The molecule has 0 aliphatic carbocycles. The summed E-state index contributed by atoms with van der Waals surface area (Å²) in [5.41, 5.74) is 9.29. The van der Waals surface area contributed by atoms with Gasteiger partial charge in [-0.05, 0) is 48.2 Å². The molecule has 210 valence electrons. The molecule has 0 bridgehead atoms. The number of halogens is 2. The summed E-state index contributed by atoms with van der Waals surface area (Å²) < 4.78 is 25.9. The van der Waals surface area contributed by atoms with E-state index < -0.39 is 15.7 Å². The fourth-order valence-corrected chi connectivity index (χ4v) is 5.61. The van der Waals surface area contributed by atoms with Crippen LogP contribution < -0.4 is 16.7 Å². The van der Waals surface area contributed by atoms with Gasteiger partial charge in [-0.2, -0.15) is 9.97 Å². The van der Waals surface area contributed by atoms with Crippen LogP contribution in [0.25, 0.3) is 16.7 Å². The molecule has 0 saturated carbocycles. The average Bonchev–Trinajstić information content (AvgIpc) is 3.10.